The zero-order valence-corrected chi connectivity index (χ0v) is 22.1. The summed E-state index contributed by atoms with van der Waals surface area (Å²) in [5.41, 5.74) is 5.15. The van der Waals surface area contributed by atoms with E-state index in [0.717, 1.165) is 24.8 Å². The van der Waals surface area contributed by atoms with E-state index in [1.807, 2.05) is 37.3 Å². The predicted octanol–water partition coefficient (Wildman–Crippen LogP) is 1.02. The summed E-state index contributed by atoms with van der Waals surface area (Å²) >= 11 is 0. The molecule has 11 heteroatoms. The largest absolute Gasteiger partial charge is 0.503 e. The molecule has 6 N–H and O–H groups in total. The molecule has 40 heavy (non-hydrogen) atoms. The Morgan fingerprint density at radius 2 is 1.68 bits per heavy atom. The molecule has 0 fully saturated rings. The van der Waals surface area contributed by atoms with Crippen molar-refractivity contribution in [2.75, 3.05) is 13.2 Å². The number of amides is 2. The first kappa shape index (κ1) is 30.0. The molecule has 2 amide bonds. The average molecular weight is 552 g/mol. The quantitative estimate of drug-likeness (QED) is 0.136. The maximum absolute atomic E-state index is 13.1. The fourth-order valence-corrected chi connectivity index (χ4v) is 4.19. The number of hydrogen-bond acceptors (Lipinski definition) is 8. The highest BCUT2D eigenvalue weighted by molar-refractivity contribution is 5.90. The van der Waals surface area contributed by atoms with E-state index in [9.17, 15) is 29.1 Å². The lowest BCUT2D eigenvalue weighted by molar-refractivity contribution is -0.139. The fourth-order valence-electron chi connectivity index (χ4n) is 4.19. The highest BCUT2D eigenvalue weighted by Gasteiger charge is 2.27. The van der Waals surface area contributed by atoms with Crippen molar-refractivity contribution >= 4 is 17.8 Å². The van der Waals surface area contributed by atoms with Gasteiger partial charge in [0, 0.05) is 18.5 Å². The molecule has 0 spiro atoms. The van der Waals surface area contributed by atoms with Gasteiger partial charge in [0.15, 0.2) is 12.4 Å². The van der Waals surface area contributed by atoms with E-state index >= 15 is 0 Å². The number of unbranched alkanes of at least 4 members (excludes halogenated alkanes) is 2. The van der Waals surface area contributed by atoms with E-state index in [1.165, 1.54) is 18.2 Å². The number of carbonyl (C=O) groups excluding carboxylic acids is 2. The second-order valence-corrected chi connectivity index (χ2v) is 9.45. The Morgan fingerprint density at radius 3 is 2.33 bits per heavy atom. The Bertz CT molecular complexity index is 1410. The van der Waals surface area contributed by atoms with Crippen LogP contribution >= 0.6 is 0 Å². The van der Waals surface area contributed by atoms with Crippen LogP contribution in [0.1, 0.15) is 37.3 Å². The van der Waals surface area contributed by atoms with Gasteiger partial charge in [0.1, 0.15) is 11.8 Å². The molecule has 3 rings (SSSR count). The lowest BCUT2D eigenvalue weighted by Gasteiger charge is -2.22. The molecule has 0 heterocycles. The van der Waals surface area contributed by atoms with Crippen LogP contribution in [0.2, 0.25) is 0 Å². The van der Waals surface area contributed by atoms with Gasteiger partial charge >= 0.3 is 5.97 Å². The van der Waals surface area contributed by atoms with Crippen molar-refractivity contribution in [3.8, 4) is 22.6 Å². The molecule has 0 aromatic heterocycles. The van der Waals surface area contributed by atoms with Crippen molar-refractivity contribution in [3.63, 3.8) is 0 Å². The molecule has 0 bridgehead atoms. The molecule has 0 radical (unpaired) electrons. The third-order valence-corrected chi connectivity index (χ3v) is 6.34. The van der Waals surface area contributed by atoms with Crippen molar-refractivity contribution in [1.82, 2.24) is 10.6 Å². The normalized spacial score (nSPS) is 12.4. The molecule has 0 saturated carbocycles. The van der Waals surface area contributed by atoms with Gasteiger partial charge in [-0.05, 0) is 36.1 Å². The van der Waals surface area contributed by atoms with Gasteiger partial charge in [-0.3, -0.25) is 19.2 Å². The number of hydrogen-bond donors (Lipinski definition) is 5. The number of ether oxygens (including phenoxy) is 1. The first-order valence-electron chi connectivity index (χ1n) is 13.0. The summed E-state index contributed by atoms with van der Waals surface area (Å²) in [4.78, 5) is 60.9. The number of carboxylic acids is 1. The van der Waals surface area contributed by atoms with Crippen LogP contribution in [0, 0.1) is 0 Å². The predicted molar refractivity (Wildman–Crippen MR) is 148 cm³/mol. The smallest absolute Gasteiger partial charge is 0.341 e. The molecular formula is C29H33N3O8. The van der Waals surface area contributed by atoms with Crippen LogP contribution < -0.4 is 32.0 Å². The molecule has 0 aliphatic rings. The van der Waals surface area contributed by atoms with E-state index < -0.39 is 53.1 Å². The highest BCUT2D eigenvalue weighted by atomic mass is 16.5. The van der Waals surface area contributed by atoms with Crippen molar-refractivity contribution in [1.29, 1.82) is 0 Å². The summed E-state index contributed by atoms with van der Waals surface area (Å²) in [6, 6.07) is 11.6. The summed E-state index contributed by atoms with van der Waals surface area (Å²) in [6.45, 7) is 1.73. The molecule has 0 unspecified atom stereocenters. The minimum Gasteiger partial charge on any atom is -0.503 e. The van der Waals surface area contributed by atoms with Crippen LogP contribution in [0.4, 0.5) is 0 Å². The number of carboxylic acid groups (broad SMARTS) is 1. The minimum atomic E-state index is -1.27. The number of carbonyl (C=O) groups is 3. The topological polar surface area (TPSA) is 185 Å². The van der Waals surface area contributed by atoms with Gasteiger partial charge in [-0.25, -0.2) is 4.79 Å². The summed E-state index contributed by atoms with van der Waals surface area (Å²) in [5, 5.41) is 24.5. The molecule has 3 aromatic carbocycles. The number of nitrogens with two attached hydrogens (primary N) is 1. The Kier molecular flexibility index (Phi) is 10.5. The van der Waals surface area contributed by atoms with Crippen LogP contribution in [-0.2, 0) is 27.2 Å². The van der Waals surface area contributed by atoms with Crippen LogP contribution in [0.15, 0.2) is 58.1 Å². The maximum atomic E-state index is 13.1. The highest BCUT2D eigenvalue weighted by Crippen LogP contribution is 2.34. The minimum absolute atomic E-state index is 0.00931. The van der Waals surface area contributed by atoms with Crippen molar-refractivity contribution in [3.05, 3.63) is 80.1 Å². The van der Waals surface area contributed by atoms with Gasteiger partial charge in [-0.15, -0.1) is 0 Å². The van der Waals surface area contributed by atoms with E-state index in [4.69, 9.17) is 15.6 Å². The number of rotatable bonds is 15. The SMILES string of the molecule is CCCCCNC(=O)[C@H](Cc1ccc(OCC(=O)O)c(-c2c(O)c(=O)c2=O)c1)NC(=O)[C@@H](N)Cc1ccccc1. The molecule has 3 aromatic rings. The zero-order chi connectivity index (χ0) is 29.2. The third kappa shape index (κ3) is 7.76. The standard InChI is InChI=1S/C29H33N3O8/c1-2-3-7-12-31-29(39)21(32-28(38)20(30)14-17-8-5-4-6-9-17)15-18-10-11-22(40-16-23(33)34)19(13-18)24-25(35)27(37)26(24)36/h4-6,8-11,13,20-21,35H,2-3,7,12,14-16,30H2,1H3,(H,31,39)(H,32,38)(H,33,34)/t20-,21-/m0/s1. The van der Waals surface area contributed by atoms with Crippen molar-refractivity contribution < 1.29 is 29.3 Å². The number of aliphatic carboxylic acids is 1. The van der Waals surface area contributed by atoms with Crippen molar-refractivity contribution in [2.45, 2.75) is 51.1 Å². The van der Waals surface area contributed by atoms with E-state index in [2.05, 4.69) is 10.6 Å². The molecular weight excluding hydrogens is 518 g/mol. The summed E-state index contributed by atoms with van der Waals surface area (Å²) in [7, 11) is 0. The van der Waals surface area contributed by atoms with Crippen LogP contribution in [0.5, 0.6) is 11.5 Å². The van der Waals surface area contributed by atoms with Gasteiger partial charge in [-0.2, -0.15) is 0 Å². The Balaban J connectivity index is 1.86. The maximum Gasteiger partial charge on any atom is 0.341 e. The zero-order valence-electron chi connectivity index (χ0n) is 22.1. The third-order valence-electron chi connectivity index (χ3n) is 6.34. The first-order valence-corrected chi connectivity index (χ1v) is 13.0. The average Bonchev–Trinajstić information content (AvgIpc) is 2.94. The van der Waals surface area contributed by atoms with E-state index in [0.29, 0.717) is 12.1 Å². The summed E-state index contributed by atoms with van der Waals surface area (Å²) < 4.78 is 5.25. The van der Waals surface area contributed by atoms with Gasteiger partial charge in [0.25, 0.3) is 5.43 Å². The van der Waals surface area contributed by atoms with Crippen molar-refractivity contribution in [2.24, 2.45) is 5.73 Å². The molecule has 212 valence electrons. The second kappa shape index (κ2) is 14.0. The van der Waals surface area contributed by atoms with Gasteiger partial charge in [0.05, 0.1) is 11.6 Å². The van der Waals surface area contributed by atoms with Crippen LogP contribution in [-0.4, -0.2) is 53.2 Å². The first-order chi connectivity index (χ1) is 19.1. The monoisotopic (exact) mass is 551 g/mol. The molecule has 0 saturated heterocycles. The lowest BCUT2D eigenvalue weighted by Crippen LogP contribution is -2.53. The Labute approximate surface area is 230 Å². The van der Waals surface area contributed by atoms with Gasteiger partial charge in [-0.1, -0.05) is 56.2 Å². The second-order valence-electron chi connectivity index (χ2n) is 9.45. The molecule has 0 aliphatic heterocycles. The Hall–Kier alpha value is -4.51. The van der Waals surface area contributed by atoms with E-state index in [1.54, 1.807) is 0 Å². The summed E-state index contributed by atoms with van der Waals surface area (Å²) in [5.74, 6) is -3.02. The summed E-state index contributed by atoms with van der Waals surface area (Å²) in [6.07, 6.45) is 2.89. The van der Waals surface area contributed by atoms with Gasteiger partial charge in [0.2, 0.25) is 17.2 Å². The molecule has 2 atom stereocenters. The fraction of sp³-hybridized carbons (Fsp3) is 0.345. The van der Waals surface area contributed by atoms with Gasteiger partial charge < -0.3 is 31.3 Å². The van der Waals surface area contributed by atoms with Crippen LogP contribution in [0.3, 0.4) is 0 Å². The Morgan fingerprint density at radius 1 is 0.950 bits per heavy atom. The number of benzene rings is 2. The van der Waals surface area contributed by atoms with Crippen LogP contribution in [0.25, 0.3) is 11.1 Å². The van der Waals surface area contributed by atoms with E-state index in [-0.39, 0.29) is 29.7 Å². The molecule has 0 aliphatic carbocycles. The lowest BCUT2D eigenvalue weighted by atomic mass is 9.94. The number of nitrogens with one attached hydrogen (secondary N) is 2. The number of aromatic hydroxyl groups is 1. The molecule has 11 nitrogen and oxygen atoms in total.